The predicted octanol–water partition coefficient (Wildman–Crippen LogP) is 5.52. The van der Waals surface area contributed by atoms with E-state index in [2.05, 4.69) is 9.64 Å². The Morgan fingerprint density at radius 2 is 1.46 bits per heavy atom. The Labute approximate surface area is 231 Å². The van der Waals surface area contributed by atoms with E-state index in [-0.39, 0.29) is 43.5 Å². The third-order valence-electron chi connectivity index (χ3n) is 8.57. The van der Waals surface area contributed by atoms with Crippen LogP contribution in [0.3, 0.4) is 0 Å². The predicted molar refractivity (Wildman–Crippen MR) is 129 cm³/mol. The summed E-state index contributed by atoms with van der Waals surface area (Å²) in [4.78, 5) is 19.1. The SMILES string of the molecule is O=C(OC(C(F)(F)F)C(F)(F)F)N1CCC2(CC1)CN(Cc1c(N3CCN(C4CC4)CC3)cccc1C(F)(F)F)C2. The van der Waals surface area contributed by atoms with Gasteiger partial charge in [0.25, 0.3) is 6.10 Å². The highest BCUT2D eigenvalue weighted by Crippen LogP contribution is 2.44. The van der Waals surface area contributed by atoms with Crippen molar-refractivity contribution < 1.29 is 49.0 Å². The van der Waals surface area contributed by atoms with Gasteiger partial charge in [-0.05, 0) is 43.2 Å². The lowest BCUT2D eigenvalue weighted by molar-refractivity contribution is -0.308. The largest absolute Gasteiger partial charge is 0.434 e. The number of carbonyl (C=O) groups excluding carboxylic acids is 1. The lowest BCUT2D eigenvalue weighted by Gasteiger charge is -2.54. The molecule has 4 fully saturated rings. The monoisotopic (exact) mass is 602 g/mol. The average molecular weight is 603 g/mol. The maximum Gasteiger partial charge on any atom is 0.434 e. The Bertz CT molecular complexity index is 1080. The highest BCUT2D eigenvalue weighted by molar-refractivity contribution is 5.68. The molecule has 0 radical (unpaired) electrons. The van der Waals surface area contributed by atoms with Crippen molar-refractivity contribution in [2.24, 2.45) is 5.41 Å². The highest BCUT2D eigenvalue weighted by atomic mass is 19.4. The number of halogens is 9. The fourth-order valence-corrected chi connectivity index (χ4v) is 6.28. The molecule has 6 nitrogen and oxygen atoms in total. The van der Waals surface area contributed by atoms with E-state index < -0.39 is 36.3 Å². The molecule has 5 rings (SSSR count). The lowest BCUT2D eigenvalue weighted by atomic mass is 9.72. The molecular weight excluding hydrogens is 571 g/mol. The van der Waals surface area contributed by atoms with Crippen molar-refractivity contribution in [2.75, 3.05) is 57.3 Å². The third-order valence-corrected chi connectivity index (χ3v) is 8.57. The fraction of sp³-hybridized carbons (Fsp3) is 0.731. The molecule has 0 unspecified atom stereocenters. The Hall–Kier alpha value is -2.42. The Balaban J connectivity index is 1.20. The van der Waals surface area contributed by atoms with E-state index >= 15 is 0 Å². The van der Waals surface area contributed by atoms with Gasteiger partial charge in [0.2, 0.25) is 0 Å². The van der Waals surface area contributed by atoms with Crippen LogP contribution >= 0.6 is 0 Å². The standard InChI is InChI=1S/C26H31F9N4O2/c27-24(28,29)19-2-1-3-20(38-12-10-37(11-13-38)17-4-5-17)18(19)14-36-15-23(16-36)6-8-39(9-7-23)22(40)41-21(25(30,31)32)26(33,34)35/h1-3,17,21H,4-16H2. The van der Waals surface area contributed by atoms with E-state index in [1.165, 1.54) is 6.07 Å². The molecule has 1 amide bonds. The van der Waals surface area contributed by atoms with E-state index in [4.69, 9.17) is 0 Å². The maximum absolute atomic E-state index is 14.0. The number of amides is 1. The van der Waals surface area contributed by atoms with Crippen LogP contribution in [-0.4, -0.2) is 97.6 Å². The Morgan fingerprint density at radius 1 is 0.878 bits per heavy atom. The summed E-state index contributed by atoms with van der Waals surface area (Å²) >= 11 is 0. The van der Waals surface area contributed by atoms with E-state index in [1.807, 2.05) is 9.80 Å². The molecule has 4 aliphatic rings. The van der Waals surface area contributed by atoms with E-state index in [9.17, 15) is 44.3 Å². The van der Waals surface area contributed by atoms with Crippen molar-refractivity contribution >= 4 is 11.8 Å². The number of hydrogen-bond donors (Lipinski definition) is 0. The summed E-state index contributed by atoms with van der Waals surface area (Å²) in [6.07, 6.45) is -19.1. The van der Waals surface area contributed by atoms with Gasteiger partial charge in [-0.2, -0.15) is 39.5 Å². The first-order valence-electron chi connectivity index (χ1n) is 13.6. The van der Waals surface area contributed by atoms with Gasteiger partial charge in [-0.3, -0.25) is 9.80 Å². The van der Waals surface area contributed by atoms with Crippen LogP contribution in [0.4, 0.5) is 50.0 Å². The molecule has 0 bridgehead atoms. The molecule has 15 heteroatoms. The molecule has 41 heavy (non-hydrogen) atoms. The van der Waals surface area contributed by atoms with Crippen LogP contribution < -0.4 is 4.90 Å². The molecule has 0 aromatic heterocycles. The number of hydrogen-bond acceptors (Lipinski definition) is 5. The summed E-state index contributed by atoms with van der Waals surface area (Å²) in [5.41, 5.74) is -0.325. The minimum Gasteiger partial charge on any atom is -0.426 e. The van der Waals surface area contributed by atoms with Gasteiger partial charge in [0.05, 0.1) is 5.56 Å². The first kappa shape index (κ1) is 30.1. The van der Waals surface area contributed by atoms with Crippen molar-refractivity contribution in [1.29, 1.82) is 0 Å². The summed E-state index contributed by atoms with van der Waals surface area (Å²) < 4.78 is 122. The number of alkyl halides is 9. The number of piperazine rings is 1. The second kappa shape index (κ2) is 10.7. The van der Waals surface area contributed by atoms with Crippen LogP contribution in [0.15, 0.2) is 18.2 Å². The summed E-state index contributed by atoms with van der Waals surface area (Å²) in [5.74, 6) is 0. The first-order valence-corrected chi connectivity index (χ1v) is 13.6. The van der Waals surface area contributed by atoms with Gasteiger partial charge in [-0.1, -0.05) is 6.07 Å². The molecule has 1 saturated carbocycles. The van der Waals surface area contributed by atoms with Gasteiger partial charge >= 0.3 is 24.6 Å². The summed E-state index contributed by atoms with van der Waals surface area (Å²) in [6.45, 7) is 3.50. The molecular formula is C26H31F9N4O2. The molecule has 0 atom stereocenters. The van der Waals surface area contributed by atoms with Gasteiger partial charge < -0.3 is 14.5 Å². The van der Waals surface area contributed by atoms with Crippen molar-refractivity contribution in [2.45, 2.75) is 62.9 Å². The zero-order chi connectivity index (χ0) is 29.8. The minimum atomic E-state index is -5.80. The normalized spacial score (nSPS) is 22.8. The van der Waals surface area contributed by atoms with Crippen LogP contribution in [0.2, 0.25) is 0 Å². The topological polar surface area (TPSA) is 39.3 Å². The zero-order valence-electron chi connectivity index (χ0n) is 22.1. The number of likely N-dealkylation sites (tertiary alicyclic amines) is 2. The number of anilines is 1. The van der Waals surface area contributed by atoms with Crippen molar-refractivity contribution in [3.8, 4) is 0 Å². The maximum atomic E-state index is 14.0. The lowest BCUT2D eigenvalue weighted by Crippen LogP contribution is -2.60. The average Bonchev–Trinajstić information content (AvgIpc) is 3.70. The molecule has 3 heterocycles. The number of piperidine rings is 1. The first-order chi connectivity index (χ1) is 19.1. The molecule has 1 spiro atoms. The second-order valence-corrected chi connectivity index (χ2v) is 11.5. The van der Waals surface area contributed by atoms with Gasteiger partial charge in [0, 0.05) is 76.2 Å². The quantitative estimate of drug-likeness (QED) is 0.416. The number of benzene rings is 1. The van der Waals surface area contributed by atoms with Gasteiger partial charge in [-0.15, -0.1) is 0 Å². The third kappa shape index (κ3) is 6.65. The van der Waals surface area contributed by atoms with Crippen LogP contribution in [0, 0.1) is 5.41 Å². The molecule has 1 aromatic rings. The van der Waals surface area contributed by atoms with Gasteiger partial charge in [0.1, 0.15) is 0 Å². The van der Waals surface area contributed by atoms with Crippen molar-refractivity contribution in [3.63, 3.8) is 0 Å². The van der Waals surface area contributed by atoms with Gasteiger partial charge in [0.15, 0.2) is 0 Å². The number of nitrogens with zero attached hydrogens (tertiary/aromatic N) is 4. The molecule has 1 aromatic carbocycles. The van der Waals surface area contributed by atoms with Crippen LogP contribution in [0.1, 0.15) is 36.8 Å². The van der Waals surface area contributed by atoms with Crippen LogP contribution in [0.5, 0.6) is 0 Å². The van der Waals surface area contributed by atoms with Crippen LogP contribution in [-0.2, 0) is 17.5 Å². The van der Waals surface area contributed by atoms with Crippen molar-refractivity contribution in [1.82, 2.24) is 14.7 Å². The highest BCUT2D eigenvalue weighted by Gasteiger charge is 2.60. The minimum absolute atomic E-state index is 0.0558. The van der Waals surface area contributed by atoms with Gasteiger partial charge in [-0.25, -0.2) is 4.79 Å². The number of ether oxygens (including phenoxy) is 1. The zero-order valence-corrected chi connectivity index (χ0v) is 22.1. The summed E-state index contributed by atoms with van der Waals surface area (Å²) in [7, 11) is 0. The molecule has 3 aliphatic heterocycles. The molecule has 230 valence electrons. The van der Waals surface area contributed by atoms with E-state index in [0.29, 0.717) is 37.9 Å². The van der Waals surface area contributed by atoms with E-state index in [0.717, 1.165) is 36.9 Å². The smallest absolute Gasteiger partial charge is 0.426 e. The summed E-state index contributed by atoms with van der Waals surface area (Å²) in [6, 6.07) is 4.79. The molecule has 3 saturated heterocycles. The van der Waals surface area contributed by atoms with E-state index in [1.54, 1.807) is 6.07 Å². The number of rotatable bonds is 5. The molecule has 1 aliphatic carbocycles. The second-order valence-electron chi connectivity index (χ2n) is 11.5. The molecule has 0 N–H and O–H groups in total. The fourth-order valence-electron chi connectivity index (χ4n) is 6.28. The number of carbonyl (C=O) groups is 1. The summed E-state index contributed by atoms with van der Waals surface area (Å²) in [5, 5.41) is 0. The van der Waals surface area contributed by atoms with Crippen molar-refractivity contribution in [3.05, 3.63) is 29.3 Å². The Kier molecular flexibility index (Phi) is 7.84. The van der Waals surface area contributed by atoms with Crippen LogP contribution in [0.25, 0.3) is 0 Å². The Morgan fingerprint density at radius 3 is 1.98 bits per heavy atom.